The Morgan fingerprint density at radius 1 is 0.943 bits per heavy atom. The average molecular weight is 493 g/mol. The van der Waals surface area contributed by atoms with Gasteiger partial charge in [-0.05, 0) is 66.6 Å². The molecule has 3 aromatic carbocycles. The molecule has 1 aromatic heterocycles. The highest BCUT2D eigenvalue weighted by Gasteiger charge is 2.24. The standard InChI is InChI=1S/C29H30O5S/c1-4-5-16-33-17-18-34-25-9-7-6-8-23(25)28(30)27-24-15-14-22(32-3)19-26(24)35-29(27)20-10-12-21(31-2)13-11-20/h6-15,19H,4-5,16-18H2,1-3H3/i15T. The molecule has 0 amide bonds. The second-order valence-electron chi connectivity index (χ2n) is 7.95. The van der Waals surface area contributed by atoms with Gasteiger partial charge in [-0.2, -0.15) is 0 Å². The van der Waals surface area contributed by atoms with Crippen LogP contribution in [-0.2, 0) is 4.74 Å². The van der Waals surface area contributed by atoms with Gasteiger partial charge in [-0.3, -0.25) is 4.79 Å². The van der Waals surface area contributed by atoms with Crippen molar-refractivity contribution in [2.45, 2.75) is 19.8 Å². The van der Waals surface area contributed by atoms with E-state index in [9.17, 15) is 4.79 Å². The maximum Gasteiger partial charge on any atom is 0.198 e. The minimum Gasteiger partial charge on any atom is -0.497 e. The number of methoxy groups -OCH3 is 2. The Bertz CT molecular complexity index is 1330. The van der Waals surface area contributed by atoms with E-state index < -0.39 is 0 Å². The van der Waals surface area contributed by atoms with Crippen LogP contribution in [0.1, 0.15) is 37.1 Å². The largest absolute Gasteiger partial charge is 0.497 e. The molecular formula is C29H30O5S. The van der Waals surface area contributed by atoms with Crippen LogP contribution in [0.2, 0.25) is 0 Å². The van der Waals surface area contributed by atoms with Crippen molar-refractivity contribution in [2.24, 2.45) is 0 Å². The lowest BCUT2D eigenvalue weighted by molar-refractivity contribution is 0.0955. The van der Waals surface area contributed by atoms with E-state index in [1.54, 1.807) is 32.4 Å². The number of fused-ring (bicyclic) bond motifs is 1. The minimum absolute atomic E-state index is 0.187. The molecule has 0 aliphatic carbocycles. The van der Waals surface area contributed by atoms with Crippen LogP contribution < -0.4 is 14.2 Å². The second kappa shape index (κ2) is 11.9. The number of ketones is 1. The molecule has 0 bridgehead atoms. The van der Waals surface area contributed by atoms with Crippen molar-refractivity contribution in [3.05, 3.63) is 77.8 Å². The molecule has 0 atom stereocenters. The van der Waals surface area contributed by atoms with Crippen molar-refractivity contribution in [1.29, 1.82) is 0 Å². The predicted molar refractivity (Wildman–Crippen MR) is 141 cm³/mol. The molecular weight excluding hydrogens is 460 g/mol. The maximum absolute atomic E-state index is 14.1. The van der Waals surface area contributed by atoms with Gasteiger partial charge in [0.25, 0.3) is 0 Å². The van der Waals surface area contributed by atoms with E-state index >= 15 is 0 Å². The fourth-order valence-corrected chi connectivity index (χ4v) is 4.97. The summed E-state index contributed by atoms with van der Waals surface area (Å²) in [6, 6.07) is 18.6. The Morgan fingerprint density at radius 3 is 2.46 bits per heavy atom. The van der Waals surface area contributed by atoms with Gasteiger partial charge in [0.05, 0.1) is 27.8 Å². The van der Waals surface area contributed by atoms with Gasteiger partial charge in [0.2, 0.25) is 0 Å². The number of carbonyl (C=O) groups excluding carboxylic acids is 1. The lowest BCUT2D eigenvalue weighted by atomic mass is 9.97. The number of hydrogen-bond donors (Lipinski definition) is 0. The molecule has 0 fully saturated rings. The summed E-state index contributed by atoms with van der Waals surface area (Å²) in [6.07, 6.45) is 2.09. The Balaban J connectivity index is 1.76. The third-order valence-electron chi connectivity index (χ3n) is 5.64. The second-order valence-corrected chi connectivity index (χ2v) is 9.01. The predicted octanol–water partition coefficient (Wildman–Crippen LogP) is 7.01. The van der Waals surface area contributed by atoms with Crippen molar-refractivity contribution >= 4 is 27.2 Å². The van der Waals surface area contributed by atoms with Crippen molar-refractivity contribution < 1.29 is 25.1 Å². The van der Waals surface area contributed by atoms with Gasteiger partial charge in [-0.25, -0.2) is 0 Å². The number of unbranched alkanes of at least 4 members (excludes halogenated alkanes) is 1. The lowest BCUT2D eigenvalue weighted by Crippen LogP contribution is -2.11. The van der Waals surface area contributed by atoms with Gasteiger partial charge in [-0.1, -0.05) is 25.5 Å². The smallest absolute Gasteiger partial charge is 0.198 e. The van der Waals surface area contributed by atoms with Crippen LogP contribution in [0.15, 0.2) is 66.7 Å². The van der Waals surface area contributed by atoms with Crippen LogP contribution in [0.4, 0.5) is 0 Å². The summed E-state index contributed by atoms with van der Waals surface area (Å²) in [7, 11) is 3.19. The number of ether oxygens (including phenoxy) is 4. The fraction of sp³-hybridized carbons (Fsp3) is 0.276. The molecule has 0 saturated carbocycles. The quantitative estimate of drug-likeness (QED) is 0.157. The number of benzene rings is 3. The zero-order chi connectivity index (χ0) is 25.5. The lowest BCUT2D eigenvalue weighted by Gasteiger charge is -2.12. The van der Waals surface area contributed by atoms with Gasteiger partial charge < -0.3 is 18.9 Å². The van der Waals surface area contributed by atoms with Crippen LogP contribution in [0.3, 0.4) is 0 Å². The van der Waals surface area contributed by atoms with Crippen LogP contribution >= 0.6 is 11.3 Å². The number of carbonyl (C=O) groups is 1. The van der Waals surface area contributed by atoms with Gasteiger partial charge in [0, 0.05) is 27.1 Å². The molecule has 0 aliphatic rings. The van der Waals surface area contributed by atoms with Crippen molar-refractivity contribution in [1.82, 2.24) is 0 Å². The fourth-order valence-electron chi connectivity index (χ4n) is 3.76. The molecule has 5 nitrogen and oxygen atoms in total. The molecule has 4 aromatic rings. The molecule has 0 saturated heterocycles. The first-order chi connectivity index (χ1) is 17.6. The van der Waals surface area contributed by atoms with E-state index in [1.807, 2.05) is 42.5 Å². The Morgan fingerprint density at radius 2 is 1.71 bits per heavy atom. The molecule has 1 heterocycles. The van der Waals surface area contributed by atoms with Crippen LogP contribution in [-0.4, -0.2) is 39.8 Å². The summed E-state index contributed by atoms with van der Waals surface area (Å²) in [5, 5.41) is 0.606. The topological polar surface area (TPSA) is 54.0 Å². The first-order valence-corrected chi connectivity index (χ1v) is 12.5. The molecule has 0 aliphatic heterocycles. The number of hydrogen-bond acceptors (Lipinski definition) is 6. The minimum atomic E-state index is -0.187. The normalized spacial score (nSPS) is 11.3. The van der Waals surface area contributed by atoms with E-state index in [1.165, 1.54) is 11.3 Å². The van der Waals surface area contributed by atoms with Gasteiger partial charge >= 0.3 is 0 Å². The van der Waals surface area contributed by atoms with E-state index in [0.717, 1.165) is 33.7 Å². The highest BCUT2D eigenvalue weighted by Crippen LogP contribution is 2.42. The van der Waals surface area contributed by atoms with E-state index in [4.69, 9.17) is 20.3 Å². The van der Waals surface area contributed by atoms with Crippen molar-refractivity contribution in [2.75, 3.05) is 34.0 Å². The summed E-state index contributed by atoms with van der Waals surface area (Å²) in [6.45, 7) is 3.62. The summed E-state index contributed by atoms with van der Waals surface area (Å²) in [4.78, 5) is 14.9. The monoisotopic (exact) mass is 492 g/mol. The zero-order valence-corrected chi connectivity index (χ0v) is 21.1. The number of para-hydroxylation sites is 1. The van der Waals surface area contributed by atoms with Crippen molar-refractivity contribution in [3.63, 3.8) is 0 Å². The summed E-state index contributed by atoms with van der Waals surface area (Å²) >= 11 is 1.47. The third-order valence-corrected chi connectivity index (χ3v) is 6.83. The number of rotatable bonds is 12. The highest BCUT2D eigenvalue weighted by atomic mass is 32.1. The average Bonchev–Trinajstić information content (AvgIpc) is 3.30. The molecule has 182 valence electrons. The number of thiophene rings is 1. The highest BCUT2D eigenvalue weighted by molar-refractivity contribution is 7.22. The molecule has 6 heteroatoms. The van der Waals surface area contributed by atoms with E-state index in [0.29, 0.717) is 47.8 Å². The van der Waals surface area contributed by atoms with Gasteiger partial charge in [0.15, 0.2) is 5.78 Å². The molecule has 35 heavy (non-hydrogen) atoms. The Hall–Kier alpha value is -3.35. The zero-order valence-electron chi connectivity index (χ0n) is 21.3. The van der Waals surface area contributed by atoms with Crippen LogP contribution in [0.5, 0.6) is 17.2 Å². The molecule has 0 N–H and O–H groups in total. The molecule has 0 spiro atoms. The summed E-state index contributed by atoms with van der Waals surface area (Å²) in [5.41, 5.74) is 1.82. The molecule has 4 rings (SSSR count). The van der Waals surface area contributed by atoms with Crippen molar-refractivity contribution in [3.8, 4) is 27.7 Å². The third kappa shape index (κ3) is 5.66. The first kappa shape index (κ1) is 23.4. The Labute approximate surface area is 211 Å². The first-order valence-electron chi connectivity index (χ1n) is 12.2. The van der Waals surface area contributed by atoms with Gasteiger partial charge in [0.1, 0.15) is 23.9 Å². The summed E-state index contributed by atoms with van der Waals surface area (Å²) < 4.78 is 31.8. The van der Waals surface area contributed by atoms with Crippen LogP contribution in [0, 0.1) is 0 Å². The van der Waals surface area contributed by atoms with Gasteiger partial charge in [-0.15, -0.1) is 11.3 Å². The molecule has 0 unspecified atom stereocenters. The summed E-state index contributed by atoms with van der Waals surface area (Å²) in [5.74, 6) is 1.63. The Kier molecular flexibility index (Phi) is 7.93. The maximum atomic E-state index is 14.1. The van der Waals surface area contributed by atoms with E-state index in [2.05, 4.69) is 6.92 Å². The molecule has 0 radical (unpaired) electrons. The van der Waals surface area contributed by atoms with E-state index in [-0.39, 0.29) is 11.8 Å². The SMILES string of the molecule is [3H]c1cc(OC)cc2sc(-c3ccc(OC)cc3)c(C(=O)c3ccccc3OCCOCCCC)c12. The van der Waals surface area contributed by atoms with Crippen LogP contribution in [0.25, 0.3) is 20.5 Å².